The van der Waals surface area contributed by atoms with Crippen LogP contribution in [-0.4, -0.2) is 31.2 Å². The topological polar surface area (TPSA) is 28.2 Å². The average molecular weight is 205 g/mol. The van der Waals surface area contributed by atoms with Crippen LogP contribution >= 0.6 is 0 Å². The average Bonchev–Trinajstić information content (AvgIpc) is 2.16. The van der Waals surface area contributed by atoms with E-state index in [1.807, 2.05) is 12.4 Å². The summed E-state index contributed by atoms with van der Waals surface area (Å²) < 4.78 is 0. The summed E-state index contributed by atoms with van der Waals surface area (Å²) in [6, 6.07) is 2.22. The van der Waals surface area contributed by atoms with E-state index in [0.717, 1.165) is 26.2 Å². The fourth-order valence-corrected chi connectivity index (χ4v) is 2.00. The van der Waals surface area contributed by atoms with E-state index in [1.54, 1.807) is 0 Å². The Kier molecular flexibility index (Phi) is 3.56. The van der Waals surface area contributed by atoms with Crippen molar-refractivity contribution in [2.45, 2.75) is 19.8 Å². The van der Waals surface area contributed by atoms with Crippen LogP contribution in [0.4, 0.5) is 5.69 Å². The maximum atomic E-state index is 4.26. The largest absolute Gasteiger partial charge is 0.370 e. The van der Waals surface area contributed by atoms with Gasteiger partial charge in [0.1, 0.15) is 0 Å². The molecule has 1 aromatic heterocycles. The second-order valence-corrected chi connectivity index (χ2v) is 4.16. The standard InChI is InChI=1S/C12H19N3/c1-11-8-12(10-14-9-11)15-6-2-4-13-5-3-7-15/h8-10,13H,2-7H2,1H3. The van der Waals surface area contributed by atoms with Crippen molar-refractivity contribution in [1.29, 1.82) is 0 Å². The van der Waals surface area contributed by atoms with Crippen LogP contribution in [0.25, 0.3) is 0 Å². The van der Waals surface area contributed by atoms with Crippen molar-refractivity contribution in [3.63, 3.8) is 0 Å². The first-order chi connectivity index (χ1) is 7.36. The fraction of sp³-hybridized carbons (Fsp3) is 0.583. The van der Waals surface area contributed by atoms with Gasteiger partial charge < -0.3 is 10.2 Å². The molecule has 1 fully saturated rings. The lowest BCUT2D eigenvalue weighted by Crippen LogP contribution is -2.33. The first-order valence-corrected chi connectivity index (χ1v) is 5.73. The maximum absolute atomic E-state index is 4.26. The first kappa shape index (κ1) is 10.4. The first-order valence-electron chi connectivity index (χ1n) is 5.73. The zero-order chi connectivity index (χ0) is 10.5. The molecule has 0 unspecified atom stereocenters. The van der Waals surface area contributed by atoms with Gasteiger partial charge in [0.2, 0.25) is 0 Å². The third-order valence-corrected chi connectivity index (χ3v) is 2.79. The highest BCUT2D eigenvalue weighted by Gasteiger charge is 2.08. The zero-order valence-electron chi connectivity index (χ0n) is 9.37. The van der Waals surface area contributed by atoms with Gasteiger partial charge in [-0.15, -0.1) is 0 Å². The van der Waals surface area contributed by atoms with Crippen molar-refractivity contribution in [2.75, 3.05) is 31.1 Å². The third-order valence-electron chi connectivity index (χ3n) is 2.79. The molecule has 15 heavy (non-hydrogen) atoms. The molecule has 0 amide bonds. The Balaban J connectivity index is 2.06. The maximum Gasteiger partial charge on any atom is 0.0555 e. The molecule has 0 atom stereocenters. The van der Waals surface area contributed by atoms with Gasteiger partial charge in [0, 0.05) is 19.3 Å². The van der Waals surface area contributed by atoms with E-state index in [0.29, 0.717) is 0 Å². The van der Waals surface area contributed by atoms with Gasteiger partial charge in [-0.2, -0.15) is 0 Å². The van der Waals surface area contributed by atoms with Crippen LogP contribution in [-0.2, 0) is 0 Å². The highest BCUT2D eigenvalue weighted by Crippen LogP contribution is 2.15. The Bertz CT molecular complexity index is 303. The molecule has 1 aliphatic heterocycles. The summed E-state index contributed by atoms with van der Waals surface area (Å²) in [5, 5.41) is 3.43. The van der Waals surface area contributed by atoms with Gasteiger partial charge in [0.25, 0.3) is 0 Å². The van der Waals surface area contributed by atoms with Crippen LogP contribution in [0.5, 0.6) is 0 Å². The number of hydrogen-bond acceptors (Lipinski definition) is 3. The lowest BCUT2D eigenvalue weighted by Gasteiger charge is -2.27. The molecule has 1 N–H and O–H groups in total. The molecule has 0 aromatic carbocycles. The number of aromatic nitrogens is 1. The number of hydrogen-bond donors (Lipinski definition) is 1. The van der Waals surface area contributed by atoms with Crippen molar-refractivity contribution < 1.29 is 0 Å². The highest BCUT2D eigenvalue weighted by molar-refractivity contribution is 5.45. The van der Waals surface area contributed by atoms with Gasteiger partial charge in [-0.25, -0.2) is 0 Å². The molecule has 1 saturated heterocycles. The van der Waals surface area contributed by atoms with Crippen LogP contribution in [0.1, 0.15) is 18.4 Å². The van der Waals surface area contributed by atoms with Crippen molar-refractivity contribution >= 4 is 5.69 Å². The van der Waals surface area contributed by atoms with Crippen LogP contribution in [0.3, 0.4) is 0 Å². The molecule has 2 heterocycles. The molecule has 3 heteroatoms. The zero-order valence-corrected chi connectivity index (χ0v) is 9.37. The minimum atomic E-state index is 1.13. The van der Waals surface area contributed by atoms with Gasteiger partial charge in [-0.1, -0.05) is 0 Å². The summed E-state index contributed by atoms with van der Waals surface area (Å²) in [7, 11) is 0. The number of pyridine rings is 1. The Morgan fingerprint density at radius 1 is 1.20 bits per heavy atom. The SMILES string of the molecule is Cc1cncc(N2CCCNCCC2)c1. The summed E-state index contributed by atoms with van der Waals surface area (Å²) >= 11 is 0. The number of anilines is 1. The number of nitrogens with one attached hydrogen (secondary N) is 1. The number of nitrogens with zero attached hydrogens (tertiary/aromatic N) is 2. The van der Waals surface area contributed by atoms with E-state index < -0.39 is 0 Å². The molecule has 1 aromatic rings. The van der Waals surface area contributed by atoms with Crippen LogP contribution in [0.15, 0.2) is 18.5 Å². The van der Waals surface area contributed by atoms with E-state index in [1.165, 1.54) is 24.1 Å². The van der Waals surface area contributed by atoms with Gasteiger partial charge in [-0.3, -0.25) is 4.98 Å². The van der Waals surface area contributed by atoms with Crippen LogP contribution < -0.4 is 10.2 Å². The van der Waals surface area contributed by atoms with Crippen LogP contribution in [0.2, 0.25) is 0 Å². The predicted octanol–water partition coefficient (Wildman–Crippen LogP) is 1.58. The molecule has 1 aliphatic rings. The van der Waals surface area contributed by atoms with E-state index in [9.17, 15) is 0 Å². The molecule has 0 bridgehead atoms. The summed E-state index contributed by atoms with van der Waals surface area (Å²) in [4.78, 5) is 6.70. The Morgan fingerprint density at radius 2 is 1.93 bits per heavy atom. The fourth-order valence-electron chi connectivity index (χ4n) is 2.00. The van der Waals surface area contributed by atoms with Gasteiger partial charge in [0.15, 0.2) is 0 Å². The second-order valence-electron chi connectivity index (χ2n) is 4.16. The highest BCUT2D eigenvalue weighted by atomic mass is 15.1. The lowest BCUT2D eigenvalue weighted by atomic mass is 10.2. The molecule has 0 spiro atoms. The van der Waals surface area contributed by atoms with E-state index in [-0.39, 0.29) is 0 Å². The van der Waals surface area contributed by atoms with E-state index in [4.69, 9.17) is 0 Å². The molecule has 82 valence electrons. The van der Waals surface area contributed by atoms with Gasteiger partial charge >= 0.3 is 0 Å². The third kappa shape index (κ3) is 2.93. The normalized spacial score (nSPS) is 18.3. The minimum Gasteiger partial charge on any atom is -0.370 e. The molecule has 2 rings (SSSR count). The second kappa shape index (κ2) is 5.12. The molecular weight excluding hydrogens is 186 g/mol. The van der Waals surface area contributed by atoms with Crippen LogP contribution in [0, 0.1) is 6.92 Å². The van der Waals surface area contributed by atoms with Crippen molar-refractivity contribution in [3.8, 4) is 0 Å². The monoisotopic (exact) mass is 205 g/mol. The molecule has 0 saturated carbocycles. The van der Waals surface area contributed by atoms with Crippen molar-refractivity contribution in [1.82, 2.24) is 10.3 Å². The number of rotatable bonds is 1. The summed E-state index contributed by atoms with van der Waals surface area (Å²) in [6.45, 7) is 6.64. The Hall–Kier alpha value is -1.09. The van der Waals surface area contributed by atoms with Gasteiger partial charge in [0.05, 0.1) is 11.9 Å². The van der Waals surface area contributed by atoms with Crippen molar-refractivity contribution in [2.24, 2.45) is 0 Å². The quantitative estimate of drug-likeness (QED) is 0.754. The Morgan fingerprint density at radius 3 is 2.60 bits per heavy atom. The van der Waals surface area contributed by atoms with E-state index in [2.05, 4.69) is 28.2 Å². The molecule has 3 nitrogen and oxygen atoms in total. The van der Waals surface area contributed by atoms with Crippen molar-refractivity contribution in [3.05, 3.63) is 24.0 Å². The molecular formula is C12H19N3. The smallest absolute Gasteiger partial charge is 0.0555 e. The summed E-state index contributed by atoms with van der Waals surface area (Å²) in [6.07, 6.45) is 6.32. The number of aryl methyl sites for hydroxylation is 1. The lowest BCUT2D eigenvalue weighted by molar-refractivity contribution is 0.567. The summed E-state index contributed by atoms with van der Waals surface area (Å²) in [5.74, 6) is 0. The minimum absolute atomic E-state index is 1.13. The molecule has 0 aliphatic carbocycles. The van der Waals surface area contributed by atoms with Gasteiger partial charge in [-0.05, 0) is 44.5 Å². The molecule has 0 radical (unpaired) electrons. The summed E-state index contributed by atoms with van der Waals surface area (Å²) in [5.41, 5.74) is 2.52. The van der Waals surface area contributed by atoms with E-state index >= 15 is 0 Å². The Labute approximate surface area is 91.5 Å². The predicted molar refractivity (Wildman–Crippen MR) is 63.3 cm³/mol.